The van der Waals surface area contributed by atoms with Gasteiger partial charge in [-0.25, -0.2) is 0 Å². The zero-order chi connectivity index (χ0) is 22.4. The van der Waals surface area contributed by atoms with E-state index in [9.17, 15) is 19.2 Å². The van der Waals surface area contributed by atoms with Gasteiger partial charge in [0.2, 0.25) is 17.7 Å². The van der Waals surface area contributed by atoms with Crippen LogP contribution in [-0.2, 0) is 19.2 Å². The van der Waals surface area contributed by atoms with E-state index in [0.717, 1.165) is 6.42 Å². The van der Waals surface area contributed by atoms with Gasteiger partial charge in [0.25, 0.3) is 0 Å². The molecule has 0 spiro atoms. The summed E-state index contributed by atoms with van der Waals surface area (Å²) in [5.41, 5.74) is 11.3. The quantitative estimate of drug-likeness (QED) is 0.118. The molecule has 168 valence electrons. The van der Waals surface area contributed by atoms with Crippen LogP contribution in [0.25, 0.3) is 0 Å². The van der Waals surface area contributed by atoms with Crippen LogP contribution >= 0.6 is 24.4 Å². The molecular formula is C17H33N5O5S2. The first-order chi connectivity index (χ1) is 13.7. The highest BCUT2D eigenvalue weighted by Crippen LogP contribution is 2.05. The minimum atomic E-state index is -1.20. The number of hydrogen-bond donors (Lipinski definition) is 7. The van der Waals surface area contributed by atoms with E-state index >= 15 is 0 Å². The van der Waals surface area contributed by atoms with E-state index in [1.807, 2.05) is 6.26 Å². The van der Waals surface area contributed by atoms with Gasteiger partial charge in [-0.1, -0.05) is 6.42 Å². The smallest absolute Gasteiger partial charge is 0.325 e. The molecule has 0 saturated heterocycles. The third-order valence-corrected chi connectivity index (χ3v) is 5.10. The van der Waals surface area contributed by atoms with Crippen molar-refractivity contribution in [1.29, 1.82) is 0 Å². The number of thioether (sulfide) groups is 1. The van der Waals surface area contributed by atoms with E-state index in [1.165, 1.54) is 18.7 Å². The van der Waals surface area contributed by atoms with Gasteiger partial charge < -0.3 is 32.5 Å². The maximum absolute atomic E-state index is 12.6. The minimum Gasteiger partial charge on any atom is -0.480 e. The number of unbranched alkanes of at least 4 members (excludes halogenated alkanes) is 1. The highest BCUT2D eigenvalue weighted by molar-refractivity contribution is 7.98. The minimum absolute atomic E-state index is 0.0360. The molecule has 3 amide bonds. The van der Waals surface area contributed by atoms with Crippen molar-refractivity contribution in [3.05, 3.63) is 0 Å². The van der Waals surface area contributed by atoms with Crippen molar-refractivity contribution < 1.29 is 24.3 Å². The van der Waals surface area contributed by atoms with E-state index in [-0.39, 0.29) is 5.75 Å². The highest BCUT2D eigenvalue weighted by atomic mass is 32.2. The molecule has 0 aliphatic carbocycles. The molecule has 0 aromatic rings. The molecule has 0 aromatic heterocycles. The summed E-state index contributed by atoms with van der Waals surface area (Å²) in [5, 5.41) is 16.3. The second-order valence-electron chi connectivity index (χ2n) is 6.55. The molecule has 10 nitrogen and oxygen atoms in total. The first-order valence-corrected chi connectivity index (χ1v) is 11.4. The van der Waals surface area contributed by atoms with Crippen LogP contribution in [0, 0.1) is 0 Å². The van der Waals surface area contributed by atoms with E-state index in [0.29, 0.717) is 31.6 Å². The van der Waals surface area contributed by atoms with Crippen LogP contribution in [0.5, 0.6) is 0 Å². The lowest BCUT2D eigenvalue weighted by molar-refractivity contribution is -0.141. The fourth-order valence-electron chi connectivity index (χ4n) is 2.27. The van der Waals surface area contributed by atoms with Crippen LogP contribution in [0.2, 0.25) is 0 Å². The van der Waals surface area contributed by atoms with Crippen molar-refractivity contribution in [2.45, 2.75) is 56.8 Å². The van der Waals surface area contributed by atoms with Crippen molar-refractivity contribution in [2.75, 3.05) is 24.3 Å². The third kappa shape index (κ3) is 11.3. The van der Waals surface area contributed by atoms with E-state index in [1.54, 1.807) is 0 Å². The van der Waals surface area contributed by atoms with Crippen molar-refractivity contribution in [3.8, 4) is 0 Å². The van der Waals surface area contributed by atoms with Crippen LogP contribution in [0.15, 0.2) is 0 Å². The summed E-state index contributed by atoms with van der Waals surface area (Å²) >= 11 is 5.55. The summed E-state index contributed by atoms with van der Waals surface area (Å²) in [4.78, 5) is 48.0. The van der Waals surface area contributed by atoms with Crippen molar-refractivity contribution in [2.24, 2.45) is 11.5 Å². The maximum Gasteiger partial charge on any atom is 0.325 e. The summed E-state index contributed by atoms with van der Waals surface area (Å²) in [6, 6.07) is -3.78. The van der Waals surface area contributed by atoms with Gasteiger partial charge in [-0.15, -0.1) is 0 Å². The molecular weight excluding hydrogens is 418 g/mol. The molecule has 0 heterocycles. The molecule has 0 saturated carbocycles. The maximum atomic E-state index is 12.6. The molecule has 4 unspecified atom stereocenters. The van der Waals surface area contributed by atoms with Gasteiger partial charge in [0.1, 0.15) is 18.1 Å². The molecule has 29 heavy (non-hydrogen) atoms. The van der Waals surface area contributed by atoms with Crippen molar-refractivity contribution in [1.82, 2.24) is 16.0 Å². The van der Waals surface area contributed by atoms with Crippen LogP contribution in [0.1, 0.15) is 32.6 Å². The summed E-state index contributed by atoms with van der Waals surface area (Å²) in [5.74, 6) is -2.30. The largest absolute Gasteiger partial charge is 0.480 e. The first kappa shape index (κ1) is 27.5. The Bertz CT molecular complexity index is 552. The Morgan fingerprint density at radius 1 is 1.00 bits per heavy atom. The summed E-state index contributed by atoms with van der Waals surface area (Å²) in [6.45, 7) is 1.83. The van der Waals surface area contributed by atoms with E-state index < -0.39 is 47.9 Å². The fraction of sp³-hybridized carbons (Fsp3) is 0.765. The van der Waals surface area contributed by atoms with Gasteiger partial charge in [-0.05, 0) is 44.7 Å². The average Bonchev–Trinajstić information content (AvgIpc) is 2.68. The Kier molecular flexibility index (Phi) is 14.6. The van der Waals surface area contributed by atoms with Gasteiger partial charge in [-0.3, -0.25) is 19.2 Å². The molecule has 0 aromatic carbocycles. The monoisotopic (exact) mass is 451 g/mol. The molecule has 0 bridgehead atoms. The number of carbonyl (C=O) groups excluding carboxylic acids is 3. The first-order valence-electron chi connectivity index (χ1n) is 9.37. The molecule has 8 N–H and O–H groups in total. The Hall–Kier alpha value is -1.50. The topological polar surface area (TPSA) is 177 Å². The standard InChI is InChI=1S/C17H33N5O5S2/c1-10(17(26)27)20-16(25)13(9-28)22-15(24)12(6-8-29-2)21-14(23)11(19)5-3-4-7-18/h10-13,28H,3-9,18-19H2,1-2H3,(H,20,25)(H,21,23)(H,22,24)(H,26,27). The number of aliphatic carboxylic acids is 1. The fourth-order valence-corrected chi connectivity index (χ4v) is 2.99. The Balaban J connectivity index is 4.96. The van der Waals surface area contributed by atoms with E-state index in [4.69, 9.17) is 16.6 Å². The Labute approximate surface area is 181 Å². The van der Waals surface area contributed by atoms with Gasteiger partial charge in [0.15, 0.2) is 0 Å². The van der Waals surface area contributed by atoms with Crippen molar-refractivity contribution in [3.63, 3.8) is 0 Å². The summed E-state index contributed by atoms with van der Waals surface area (Å²) in [6.07, 6.45) is 4.13. The van der Waals surface area contributed by atoms with Crippen LogP contribution in [0.4, 0.5) is 0 Å². The third-order valence-electron chi connectivity index (χ3n) is 4.09. The number of amides is 3. The number of thiol groups is 1. The number of hydrogen-bond acceptors (Lipinski definition) is 8. The molecule has 12 heteroatoms. The van der Waals surface area contributed by atoms with Crippen LogP contribution in [-0.4, -0.2) is 77.3 Å². The number of nitrogens with one attached hydrogen (secondary N) is 3. The predicted octanol–water partition coefficient (Wildman–Crippen LogP) is -1.32. The Morgan fingerprint density at radius 2 is 1.59 bits per heavy atom. The number of nitrogens with two attached hydrogens (primary N) is 2. The summed E-state index contributed by atoms with van der Waals surface area (Å²) < 4.78 is 0. The van der Waals surface area contributed by atoms with Gasteiger partial charge in [0, 0.05) is 5.75 Å². The molecule has 0 aliphatic rings. The zero-order valence-electron chi connectivity index (χ0n) is 16.8. The molecule has 4 atom stereocenters. The SMILES string of the molecule is CSCCC(NC(=O)C(N)CCCCN)C(=O)NC(CS)C(=O)NC(C)C(=O)O. The normalized spacial score (nSPS) is 14.9. The number of rotatable bonds is 15. The Morgan fingerprint density at radius 3 is 2.10 bits per heavy atom. The lowest BCUT2D eigenvalue weighted by Crippen LogP contribution is -2.57. The van der Waals surface area contributed by atoms with Crippen molar-refractivity contribution >= 4 is 48.1 Å². The predicted molar refractivity (Wildman–Crippen MR) is 117 cm³/mol. The molecule has 0 radical (unpaired) electrons. The van der Waals surface area contributed by atoms with Crippen LogP contribution < -0.4 is 27.4 Å². The van der Waals surface area contributed by atoms with Crippen LogP contribution in [0.3, 0.4) is 0 Å². The van der Waals surface area contributed by atoms with E-state index in [2.05, 4.69) is 28.6 Å². The molecule has 0 fully saturated rings. The lowest BCUT2D eigenvalue weighted by Gasteiger charge is -2.24. The second-order valence-corrected chi connectivity index (χ2v) is 7.90. The van der Waals surface area contributed by atoms with Gasteiger partial charge in [-0.2, -0.15) is 24.4 Å². The molecule has 0 rings (SSSR count). The van der Waals surface area contributed by atoms with Gasteiger partial charge in [0.05, 0.1) is 6.04 Å². The highest BCUT2D eigenvalue weighted by Gasteiger charge is 2.28. The lowest BCUT2D eigenvalue weighted by atomic mass is 10.1. The summed E-state index contributed by atoms with van der Waals surface area (Å²) in [7, 11) is 0. The van der Waals surface area contributed by atoms with Gasteiger partial charge >= 0.3 is 5.97 Å². The number of carbonyl (C=O) groups is 4. The molecule has 0 aliphatic heterocycles. The zero-order valence-corrected chi connectivity index (χ0v) is 18.6. The average molecular weight is 452 g/mol. The number of carboxylic acid groups (broad SMARTS) is 1. The number of carboxylic acids is 1. The second kappa shape index (κ2) is 15.4.